The summed E-state index contributed by atoms with van der Waals surface area (Å²) in [5.74, 6) is 0.250. The smallest absolute Gasteiger partial charge is 0.323 e. The van der Waals surface area contributed by atoms with Crippen LogP contribution in [0.2, 0.25) is 0 Å². The third-order valence-corrected chi connectivity index (χ3v) is 9.19. The number of nitrogens with one attached hydrogen (secondary N) is 3. The summed E-state index contributed by atoms with van der Waals surface area (Å²) < 4.78 is 5.65. The molecule has 0 bridgehead atoms. The molecular formula is C45H43N5O2. The lowest BCUT2D eigenvalue weighted by molar-refractivity contribution is -0.148. The zero-order chi connectivity index (χ0) is 36.2. The zero-order valence-corrected chi connectivity index (χ0v) is 29.4. The van der Waals surface area contributed by atoms with Crippen molar-refractivity contribution in [2.24, 2.45) is 16.2 Å². The average Bonchev–Trinajstić information content (AvgIpc) is 3.20. The second-order valence-corrected chi connectivity index (χ2v) is 13.0. The van der Waals surface area contributed by atoms with Gasteiger partial charge in [-0.05, 0) is 44.9 Å². The van der Waals surface area contributed by atoms with Crippen LogP contribution in [-0.4, -0.2) is 17.8 Å². The molecule has 0 aliphatic heterocycles. The Morgan fingerprint density at radius 1 is 0.654 bits per heavy atom. The standard InChI is InChI=1S/C45H43N5O2/c1-33(2)42(44(51)52-32-35-17-7-3-8-18-35)47-31-34-27-29-36(30-28-34)40-25-15-16-26-41(40)43(49-50-46)48-45(37-19-9-4-10-20-37,38-21-11-5-12-22-38)39-23-13-6-14-24-39/h3-30,33,42,47H,31-32H2,1-2H3,(H2,46,48,49). The van der Waals surface area contributed by atoms with Gasteiger partial charge in [0.05, 0.1) is 0 Å². The maximum absolute atomic E-state index is 13.0. The summed E-state index contributed by atoms with van der Waals surface area (Å²) in [5, 5.41) is 15.2. The first-order valence-electron chi connectivity index (χ1n) is 17.5. The van der Waals surface area contributed by atoms with Crippen LogP contribution in [0.4, 0.5) is 0 Å². The van der Waals surface area contributed by atoms with E-state index < -0.39 is 11.6 Å². The van der Waals surface area contributed by atoms with Crippen LogP contribution in [0.5, 0.6) is 0 Å². The van der Waals surface area contributed by atoms with Gasteiger partial charge in [0.15, 0.2) is 5.84 Å². The van der Waals surface area contributed by atoms with E-state index in [1.807, 2.05) is 117 Å². The van der Waals surface area contributed by atoms with E-state index in [-0.39, 0.29) is 18.5 Å². The van der Waals surface area contributed by atoms with Crippen LogP contribution in [0.25, 0.3) is 11.1 Å². The van der Waals surface area contributed by atoms with Crippen molar-refractivity contribution < 1.29 is 9.53 Å². The van der Waals surface area contributed by atoms with Crippen molar-refractivity contribution in [2.45, 2.75) is 38.6 Å². The van der Waals surface area contributed by atoms with Gasteiger partial charge in [-0.2, -0.15) is 5.53 Å². The number of rotatable bonds is 14. The highest BCUT2D eigenvalue weighted by Gasteiger charge is 2.38. The quantitative estimate of drug-likeness (QED) is 0.0266. The summed E-state index contributed by atoms with van der Waals surface area (Å²) >= 11 is 0. The highest BCUT2D eigenvalue weighted by atomic mass is 16.5. The first kappa shape index (κ1) is 35.6. The van der Waals surface area contributed by atoms with E-state index in [9.17, 15) is 4.79 Å². The minimum absolute atomic E-state index is 0.0526. The van der Waals surface area contributed by atoms with Crippen LogP contribution in [0.15, 0.2) is 180 Å². The molecule has 0 aromatic heterocycles. The number of carbonyl (C=O) groups is 1. The van der Waals surface area contributed by atoms with E-state index in [0.29, 0.717) is 12.4 Å². The number of nitrogens with zero attached hydrogens (tertiary/aromatic N) is 2. The Morgan fingerprint density at radius 2 is 1.15 bits per heavy atom. The van der Waals surface area contributed by atoms with Crippen molar-refractivity contribution in [3.05, 3.63) is 203 Å². The lowest BCUT2D eigenvalue weighted by Crippen LogP contribution is -2.48. The maximum atomic E-state index is 13.0. The fourth-order valence-corrected chi connectivity index (χ4v) is 6.54. The van der Waals surface area contributed by atoms with Gasteiger partial charge in [-0.1, -0.05) is 189 Å². The summed E-state index contributed by atoms with van der Waals surface area (Å²) in [6.45, 7) is 4.78. The van der Waals surface area contributed by atoms with Gasteiger partial charge in [0.2, 0.25) is 0 Å². The summed E-state index contributed by atoms with van der Waals surface area (Å²) in [4.78, 5) is 13.0. The van der Waals surface area contributed by atoms with Gasteiger partial charge < -0.3 is 15.4 Å². The number of esters is 1. The van der Waals surface area contributed by atoms with E-state index in [4.69, 9.17) is 10.3 Å². The van der Waals surface area contributed by atoms with Crippen molar-refractivity contribution in [3.8, 4) is 11.1 Å². The van der Waals surface area contributed by atoms with Gasteiger partial charge in [-0.25, -0.2) is 0 Å². The Balaban J connectivity index is 1.29. The summed E-state index contributed by atoms with van der Waals surface area (Å²) in [7, 11) is 0. The molecule has 0 heterocycles. The second-order valence-electron chi connectivity index (χ2n) is 13.0. The molecule has 3 N–H and O–H groups in total. The van der Waals surface area contributed by atoms with Gasteiger partial charge in [-0.15, -0.1) is 5.10 Å². The summed E-state index contributed by atoms with van der Waals surface area (Å²) in [5.41, 5.74) is 14.8. The minimum atomic E-state index is -0.856. The molecule has 0 saturated heterocycles. The Morgan fingerprint density at radius 3 is 1.67 bits per heavy atom. The number of ether oxygens (including phenoxy) is 1. The Bertz CT molecular complexity index is 1970. The van der Waals surface area contributed by atoms with Crippen LogP contribution in [-0.2, 0) is 28.2 Å². The summed E-state index contributed by atoms with van der Waals surface area (Å²) in [6, 6.07) is 56.4. The topological polar surface area (TPSA) is 98.9 Å². The van der Waals surface area contributed by atoms with Crippen LogP contribution < -0.4 is 10.6 Å². The van der Waals surface area contributed by atoms with Gasteiger partial charge >= 0.3 is 5.97 Å². The van der Waals surface area contributed by atoms with Gasteiger partial charge in [-0.3, -0.25) is 4.79 Å². The van der Waals surface area contributed by atoms with Gasteiger partial charge in [0.25, 0.3) is 0 Å². The molecule has 7 nitrogen and oxygen atoms in total. The molecule has 7 heteroatoms. The number of carbonyl (C=O) groups excluding carboxylic acids is 1. The van der Waals surface area contributed by atoms with E-state index in [1.54, 1.807) is 0 Å². The molecule has 260 valence electrons. The minimum Gasteiger partial charge on any atom is -0.460 e. The fourth-order valence-electron chi connectivity index (χ4n) is 6.54. The second kappa shape index (κ2) is 17.2. The van der Waals surface area contributed by atoms with Crippen molar-refractivity contribution in [1.82, 2.24) is 10.6 Å². The zero-order valence-electron chi connectivity index (χ0n) is 29.4. The van der Waals surface area contributed by atoms with E-state index in [2.05, 4.69) is 87.7 Å². The van der Waals surface area contributed by atoms with Gasteiger partial charge in [0, 0.05) is 12.1 Å². The van der Waals surface area contributed by atoms with E-state index >= 15 is 0 Å². The molecule has 6 rings (SSSR count). The molecule has 6 aromatic rings. The predicted molar refractivity (Wildman–Crippen MR) is 208 cm³/mol. The number of hydrogen-bond donors (Lipinski definition) is 3. The highest BCUT2D eigenvalue weighted by Crippen LogP contribution is 2.38. The predicted octanol–water partition coefficient (Wildman–Crippen LogP) is 9.49. The molecule has 0 radical (unpaired) electrons. The summed E-state index contributed by atoms with van der Waals surface area (Å²) in [6.07, 6.45) is 0. The normalized spacial score (nSPS) is 12.2. The van der Waals surface area contributed by atoms with Crippen molar-refractivity contribution >= 4 is 11.8 Å². The molecule has 52 heavy (non-hydrogen) atoms. The lowest BCUT2D eigenvalue weighted by Gasteiger charge is -2.38. The molecule has 0 fully saturated rings. The maximum Gasteiger partial charge on any atom is 0.323 e. The van der Waals surface area contributed by atoms with E-state index in [1.165, 1.54) is 0 Å². The third-order valence-electron chi connectivity index (χ3n) is 9.19. The molecule has 1 atom stereocenters. The van der Waals surface area contributed by atoms with Crippen LogP contribution in [0.1, 0.15) is 47.2 Å². The molecule has 0 aliphatic carbocycles. The SMILES string of the molecule is CC(C)C(NCc1ccc(-c2ccccc2/C(=N/N=N)NC(c2ccccc2)(c2ccccc2)c2ccccc2)cc1)C(=O)OCc1ccccc1. The Hall–Kier alpha value is -6.18. The van der Waals surface area contributed by atoms with Crippen molar-refractivity contribution in [2.75, 3.05) is 0 Å². The number of benzene rings is 6. The molecule has 0 spiro atoms. The first-order chi connectivity index (χ1) is 25.5. The molecule has 0 saturated carbocycles. The third kappa shape index (κ3) is 8.23. The molecule has 0 amide bonds. The Labute approximate surface area is 305 Å². The lowest BCUT2D eigenvalue weighted by atomic mass is 9.76. The van der Waals surface area contributed by atoms with Crippen LogP contribution >= 0.6 is 0 Å². The fraction of sp³-hybridized carbons (Fsp3) is 0.156. The average molecular weight is 686 g/mol. The molecule has 1 unspecified atom stereocenters. The monoisotopic (exact) mass is 685 g/mol. The van der Waals surface area contributed by atoms with Crippen LogP contribution in [0, 0.1) is 11.4 Å². The molecular weight excluding hydrogens is 643 g/mol. The highest BCUT2D eigenvalue weighted by molar-refractivity contribution is 6.05. The Kier molecular flexibility index (Phi) is 11.8. The first-order valence-corrected chi connectivity index (χ1v) is 17.5. The van der Waals surface area contributed by atoms with Crippen LogP contribution in [0.3, 0.4) is 0 Å². The van der Waals surface area contributed by atoms with Crippen molar-refractivity contribution in [3.63, 3.8) is 0 Å². The molecule has 0 aliphatic rings. The molecule has 6 aromatic carbocycles. The number of hydrogen-bond acceptors (Lipinski definition) is 5. The largest absolute Gasteiger partial charge is 0.460 e. The van der Waals surface area contributed by atoms with Crippen molar-refractivity contribution in [1.29, 1.82) is 5.53 Å². The van der Waals surface area contributed by atoms with E-state index in [0.717, 1.165) is 44.5 Å². The number of amidine groups is 1. The van der Waals surface area contributed by atoms with Gasteiger partial charge in [0.1, 0.15) is 18.2 Å².